The van der Waals surface area contributed by atoms with Crippen molar-refractivity contribution in [3.8, 4) is 0 Å². The zero-order valence-electron chi connectivity index (χ0n) is 15.7. The summed E-state index contributed by atoms with van der Waals surface area (Å²) in [6, 6.07) is 18.8. The molecule has 0 N–H and O–H groups in total. The van der Waals surface area contributed by atoms with Crippen molar-refractivity contribution < 1.29 is 13.9 Å². The Morgan fingerprint density at radius 2 is 1.70 bits per heavy atom. The fourth-order valence-corrected chi connectivity index (χ4v) is 3.25. The van der Waals surface area contributed by atoms with Gasteiger partial charge >= 0.3 is 11.6 Å². The van der Waals surface area contributed by atoms with E-state index in [9.17, 15) is 9.59 Å². The van der Waals surface area contributed by atoms with Crippen molar-refractivity contribution in [2.24, 2.45) is 0 Å². The van der Waals surface area contributed by atoms with Crippen LogP contribution in [0.4, 0.5) is 0 Å². The largest absolute Gasteiger partial charge is 0.461 e. The van der Waals surface area contributed by atoms with E-state index in [1.54, 1.807) is 6.07 Å². The highest BCUT2D eigenvalue weighted by Gasteiger charge is 2.24. The summed E-state index contributed by atoms with van der Waals surface area (Å²) >= 11 is 0. The molecule has 0 aliphatic heterocycles. The maximum Gasteiger partial charge on any atom is 0.343 e. The molecule has 0 saturated carbocycles. The number of carbonyl (C=O) groups is 1. The Morgan fingerprint density at radius 3 is 2.41 bits per heavy atom. The third-order valence-electron chi connectivity index (χ3n) is 4.78. The maximum atomic E-state index is 12.7. The van der Waals surface area contributed by atoms with Gasteiger partial charge in [0.1, 0.15) is 11.9 Å². The first-order valence-electron chi connectivity index (χ1n) is 9.39. The van der Waals surface area contributed by atoms with Gasteiger partial charge < -0.3 is 9.15 Å². The van der Waals surface area contributed by atoms with E-state index in [0.29, 0.717) is 30.4 Å². The summed E-state index contributed by atoms with van der Waals surface area (Å²) in [6.07, 6.45) is 1.37. The third-order valence-corrected chi connectivity index (χ3v) is 4.78. The smallest absolute Gasteiger partial charge is 0.343 e. The van der Waals surface area contributed by atoms with Gasteiger partial charge in [0.25, 0.3) is 0 Å². The van der Waals surface area contributed by atoms with Crippen LogP contribution in [0.1, 0.15) is 43.9 Å². The molecule has 0 bridgehead atoms. The van der Waals surface area contributed by atoms with Crippen LogP contribution < -0.4 is 5.63 Å². The molecule has 4 heteroatoms. The van der Waals surface area contributed by atoms with Gasteiger partial charge in [0.15, 0.2) is 0 Å². The molecule has 1 heterocycles. The van der Waals surface area contributed by atoms with Crippen LogP contribution in [0.2, 0.25) is 0 Å². The SMILES string of the molecule is CC[C@@H](Cc1cc2ccccc2c(=O)o1)OC(=O)[C@H](CC)c1ccccc1. The first-order chi connectivity index (χ1) is 13.1. The topological polar surface area (TPSA) is 56.5 Å². The lowest BCUT2D eigenvalue weighted by atomic mass is 9.96. The summed E-state index contributed by atoms with van der Waals surface area (Å²) in [7, 11) is 0. The Kier molecular flexibility index (Phi) is 6.07. The molecule has 0 saturated heterocycles. The van der Waals surface area contributed by atoms with Crippen molar-refractivity contribution in [2.75, 3.05) is 0 Å². The first kappa shape index (κ1) is 18.9. The predicted octanol–water partition coefficient (Wildman–Crippen LogP) is 4.85. The molecular formula is C23H24O4. The van der Waals surface area contributed by atoms with Crippen molar-refractivity contribution >= 4 is 16.7 Å². The molecule has 0 unspecified atom stereocenters. The standard InChI is InChI=1S/C23H24O4/c1-3-18(26-22(24)20(4-2)16-10-6-5-7-11-16)15-19-14-17-12-8-9-13-21(17)23(25)27-19/h5-14,18,20H,3-4,15H2,1-2H3/t18-,20+/m0/s1. The Balaban J connectivity index is 1.75. The molecule has 0 fully saturated rings. The molecule has 1 aromatic heterocycles. The molecule has 3 aromatic rings. The number of fused-ring (bicyclic) bond motifs is 1. The highest BCUT2D eigenvalue weighted by Crippen LogP contribution is 2.23. The zero-order valence-corrected chi connectivity index (χ0v) is 15.7. The molecule has 0 radical (unpaired) electrons. The van der Waals surface area contributed by atoms with Gasteiger partial charge in [-0.3, -0.25) is 4.79 Å². The van der Waals surface area contributed by atoms with Crippen LogP contribution in [0.3, 0.4) is 0 Å². The van der Waals surface area contributed by atoms with Crippen LogP contribution in [-0.2, 0) is 16.0 Å². The maximum absolute atomic E-state index is 12.7. The lowest BCUT2D eigenvalue weighted by molar-refractivity contribution is -0.151. The number of rotatable bonds is 7. The average Bonchev–Trinajstić information content (AvgIpc) is 2.69. The van der Waals surface area contributed by atoms with Crippen molar-refractivity contribution in [3.63, 3.8) is 0 Å². The van der Waals surface area contributed by atoms with E-state index in [0.717, 1.165) is 10.9 Å². The first-order valence-corrected chi connectivity index (χ1v) is 9.39. The van der Waals surface area contributed by atoms with E-state index in [2.05, 4.69) is 0 Å². The highest BCUT2D eigenvalue weighted by molar-refractivity contribution is 5.81. The lowest BCUT2D eigenvalue weighted by Gasteiger charge is -2.20. The Bertz CT molecular complexity index is 959. The Hall–Kier alpha value is -2.88. The molecule has 2 atom stereocenters. The number of esters is 1. The van der Waals surface area contributed by atoms with Gasteiger partial charge in [-0.25, -0.2) is 4.79 Å². The van der Waals surface area contributed by atoms with Crippen molar-refractivity contribution in [2.45, 2.75) is 45.1 Å². The van der Waals surface area contributed by atoms with Gasteiger partial charge in [-0.1, -0.05) is 62.4 Å². The number of ether oxygens (including phenoxy) is 1. The van der Waals surface area contributed by atoms with Gasteiger partial charge in [-0.05, 0) is 35.9 Å². The van der Waals surface area contributed by atoms with E-state index in [-0.39, 0.29) is 23.6 Å². The van der Waals surface area contributed by atoms with E-state index in [1.165, 1.54) is 0 Å². The van der Waals surface area contributed by atoms with E-state index in [1.807, 2.05) is 68.4 Å². The highest BCUT2D eigenvalue weighted by atomic mass is 16.5. The normalized spacial score (nSPS) is 13.3. The monoisotopic (exact) mass is 364 g/mol. The second kappa shape index (κ2) is 8.67. The van der Waals surface area contributed by atoms with Crippen LogP contribution in [0.15, 0.2) is 69.9 Å². The number of carbonyl (C=O) groups excluding carboxylic acids is 1. The second-order valence-electron chi connectivity index (χ2n) is 6.63. The summed E-state index contributed by atoms with van der Waals surface area (Å²) in [6.45, 7) is 3.93. The lowest BCUT2D eigenvalue weighted by Crippen LogP contribution is -2.24. The van der Waals surface area contributed by atoms with Crippen LogP contribution in [0, 0.1) is 0 Å². The van der Waals surface area contributed by atoms with Crippen LogP contribution in [-0.4, -0.2) is 12.1 Å². The Labute approximate surface area is 158 Å². The van der Waals surface area contributed by atoms with Gasteiger partial charge in [0.2, 0.25) is 0 Å². The summed E-state index contributed by atoms with van der Waals surface area (Å²) in [5, 5.41) is 1.39. The molecule has 27 heavy (non-hydrogen) atoms. The minimum atomic E-state index is -0.361. The summed E-state index contributed by atoms with van der Waals surface area (Å²) in [5.74, 6) is 0.00802. The fourth-order valence-electron chi connectivity index (χ4n) is 3.25. The number of hydrogen-bond donors (Lipinski definition) is 0. The number of benzene rings is 2. The molecule has 0 amide bonds. The third kappa shape index (κ3) is 4.45. The van der Waals surface area contributed by atoms with E-state index >= 15 is 0 Å². The molecular weight excluding hydrogens is 340 g/mol. The van der Waals surface area contributed by atoms with E-state index < -0.39 is 0 Å². The zero-order chi connectivity index (χ0) is 19.2. The summed E-state index contributed by atoms with van der Waals surface area (Å²) in [4.78, 5) is 24.9. The summed E-state index contributed by atoms with van der Waals surface area (Å²) < 4.78 is 11.2. The van der Waals surface area contributed by atoms with Gasteiger partial charge in [-0.2, -0.15) is 0 Å². The van der Waals surface area contributed by atoms with Crippen LogP contribution >= 0.6 is 0 Å². The number of hydrogen-bond acceptors (Lipinski definition) is 4. The molecule has 4 nitrogen and oxygen atoms in total. The molecule has 0 aliphatic carbocycles. The van der Waals surface area contributed by atoms with Crippen molar-refractivity contribution in [3.05, 3.63) is 82.4 Å². The van der Waals surface area contributed by atoms with Gasteiger partial charge in [0.05, 0.1) is 11.3 Å². The molecule has 0 aliphatic rings. The predicted molar refractivity (Wildman–Crippen MR) is 106 cm³/mol. The molecule has 140 valence electrons. The molecule has 2 aromatic carbocycles. The van der Waals surface area contributed by atoms with E-state index in [4.69, 9.17) is 9.15 Å². The average molecular weight is 364 g/mol. The van der Waals surface area contributed by atoms with Crippen LogP contribution in [0.25, 0.3) is 10.8 Å². The minimum absolute atomic E-state index is 0.237. The molecule has 3 rings (SSSR count). The minimum Gasteiger partial charge on any atom is -0.461 e. The van der Waals surface area contributed by atoms with Crippen LogP contribution in [0.5, 0.6) is 0 Å². The Morgan fingerprint density at radius 1 is 1.00 bits per heavy atom. The second-order valence-corrected chi connectivity index (χ2v) is 6.63. The van der Waals surface area contributed by atoms with Crippen molar-refractivity contribution in [1.82, 2.24) is 0 Å². The fraction of sp³-hybridized carbons (Fsp3) is 0.304. The van der Waals surface area contributed by atoms with Gasteiger partial charge in [0, 0.05) is 6.42 Å². The van der Waals surface area contributed by atoms with Gasteiger partial charge in [-0.15, -0.1) is 0 Å². The quantitative estimate of drug-likeness (QED) is 0.562. The summed E-state index contributed by atoms with van der Waals surface area (Å²) in [5.41, 5.74) is 0.595. The molecule has 0 spiro atoms. The van der Waals surface area contributed by atoms with Crippen molar-refractivity contribution in [1.29, 1.82) is 0 Å².